The zero-order valence-electron chi connectivity index (χ0n) is 25.1. The molecule has 1 atom stereocenters. The Bertz CT molecular complexity index is 1890. The highest BCUT2D eigenvalue weighted by Gasteiger charge is 2.36. The monoisotopic (exact) mass is 673 g/mol. The number of para-hydroxylation sites is 1. The van der Waals surface area contributed by atoms with Crippen LogP contribution in [0.2, 0.25) is 15.1 Å². The van der Waals surface area contributed by atoms with E-state index < -0.39 is 11.6 Å². The number of ketones is 1. The summed E-state index contributed by atoms with van der Waals surface area (Å²) >= 11 is 18.8. The summed E-state index contributed by atoms with van der Waals surface area (Å²) in [7, 11) is 0. The summed E-state index contributed by atoms with van der Waals surface area (Å²) in [6, 6.07) is 27.8. The summed E-state index contributed by atoms with van der Waals surface area (Å²) in [5.41, 5.74) is 2.60. The summed E-state index contributed by atoms with van der Waals surface area (Å²) < 4.78 is 14.2. The molecule has 6 rings (SSSR count). The number of halogens is 3. The van der Waals surface area contributed by atoms with Gasteiger partial charge in [-0.05, 0) is 99.5 Å². The number of hydrogen-bond donors (Lipinski definition) is 1. The number of nitrogens with one attached hydrogen (secondary N) is 1. The average Bonchev–Trinajstić information content (AvgIpc) is 3.31. The van der Waals surface area contributed by atoms with Crippen molar-refractivity contribution in [1.29, 1.82) is 0 Å². The van der Waals surface area contributed by atoms with E-state index in [1.54, 1.807) is 73.1 Å². The fourth-order valence-electron chi connectivity index (χ4n) is 5.30. The highest BCUT2D eigenvalue weighted by molar-refractivity contribution is 6.32. The lowest BCUT2D eigenvalue weighted by Gasteiger charge is -2.27. The van der Waals surface area contributed by atoms with E-state index in [0.717, 1.165) is 5.56 Å². The van der Waals surface area contributed by atoms with Crippen molar-refractivity contribution >= 4 is 46.5 Å². The van der Waals surface area contributed by atoms with Crippen molar-refractivity contribution in [3.05, 3.63) is 129 Å². The number of ether oxygens (including phenoxy) is 2. The lowest BCUT2D eigenvalue weighted by Crippen LogP contribution is -2.47. The van der Waals surface area contributed by atoms with Gasteiger partial charge >= 0.3 is 0 Å². The molecule has 1 N–H and O–H groups in total. The molecule has 1 aliphatic heterocycles. The first-order valence-electron chi connectivity index (χ1n) is 14.8. The molecule has 0 bridgehead atoms. The van der Waals surface area contributed by atoms with Gasteiger partial charge in [0.15, 0.2) is 17.1 Å². The number of amides is 1. The molecule has 0 aliphatic carbocycles. The van der Waals surface area contributed by atoms with Crippen LogP contribution in [-0.4, -0.2) is 33.7 Å². The maximum atomic E-state index is 13.8. The van der Waals surface area contributed by atoms with Crippen LogP contribution in [0.15, 0.2) is 97.1 Å². The topological polar surface area (TPSA) is 82.5 Å². The molecule has 46 heavy (non-hydrogen) atoms. The van der Waals surface area contributed by atoms with Crippen LogP contribution in [0.5, 0.6) is 11.5 Å². The Balaban J connectivity index is 1.26. The zero-order valence-corrected chi connectivity index (χ0v) is 27.4. The summed E-state index contributed by atoms with van der Waals surface area (Å²) in [5.74, 6) is 0.559. The van der Waals surface area contributed by atoms with E-state index in [0.29, 0.717) is 74.2 Å². The van der Waals surface area contributed by atoms with Gasteiger partial charge in [0.2, 0.25) is 0 Å². The minimum atomic E-state index is -1.25. The van der Waals surface area contributed by atoms with E-state index in [9.17, 15) is 9.59 Å². The van der Waals surface area contributed by atoms with E-state index >= 15 is 0 Å². The highest BCUT2D eigenvalue weighted by atomic mass is 35.5. The summed E-state index contributed by atoms with van der Waals surface area (Å²) in [5, 5.41) is 9.82. The van der Waals surface area contributed by atoms with Gasteiger partial charge in [0.25, 0.3) is 5.91 Å². The molecule has 5 aromatic rings. The molecule has 1 unspecified atom stereocenters. The average molecular weight is 675 g/mol. The molecule has 1 aliphatic rings. The van der Waals surface area contributed by atoms with Gasteiger partial charge in [0, 0.05) is 26.7 Å². The second-order valence-corrected chi connectivity index (χ2v) is 12.7. The fourth-order valence-corrected chi connectivity index (χ4v) is 5.77. The van der Waals surface area contributed by atoms with Gasteiger partial charge in [-0.25, -0.2) is 4.68 Å². The zero-order chi connectivity index (χ0) is 32.4. The summed E-state index contributed by atoms with van der Waals surface area (Å²) in [4.78, 5) is 26.6. The van der Waals surface area contributed by atoms with Crippen molar-refractivity contribution in [2.24, 2.45) is 0 Å². The number of hydrogen-bond acceptors (Lipinski definition) is 5. The van der Waals surface area contributed by atoms with E-state index in [1.165, 1.54) is 0 Å². The third-order valence-electron chi connectivity index (χ3n) is 7.73. The Morgan fingerprint density at radius 2 is 1.48 bits per heavy atom. The standard InChI is InChI=1S/C36H30Cl3N3O4/c1-36(2,46-27-19-13-24(14-20-27)33(43)23-11-17-26(38)18-12-23)35(44)40-29-7-5-21-45-34-31(29)41-42(30-8-4-3-6-28(30)39)32(34)22-9-15-25(37)16-10-22/h3-4,6,8-20,29H,5,7,21H2,1-2H3,(H,40,44). The van der Waals surface area contributed by atoms with Crippen LogP contribution in [-0.2, 0) is 4.79 Å². The number of nitrogens with zero attached hydrogens (tertiary/aromatic N) is 2. The number of rotatable bonds is 8. The molecule has 0 fully saturated rings. The normalized spacial score (nSPS) is 14.5. The molecule has 0 radical (unpaired) electrons. The third-order valence-corrected chi connectivity index (χ3v) is 8.55. The van der Waals surface area contributed by atoms with Crippen LogP contribution in [0.1, 0.15) is 54.3 Å². The fraction of sp³-hybridized carbons (Fsp3) is 0.194. The van der Waals surface area contributed by atoms with E-state index in [-0.39, 0.29) is 11.7 Å². The van der Waals surface area contributed by atoms with Crippen LogP contribution in [0, 0.1) is 0 Å². The van der Waals surface area contributed by atoms with Crippen molar-refractivity contribution in [2.45, 2.75) is 38.3 Å². The van der Waals surface area contributed by atoms with E-state index in [2.05, 4.69) is 5.32 Å². The lowest BCUT2D eigenvalue weighted by atomic mass is 10.0. The molecule has 0 saturated heterocycles. The molecule has 234 valence electrons. The van der Waals surface area contributed by atoms with E-state index in [1.807, 2.05) is 42.5 Å². The maximum absolute atomic E-state index is 13.8. The Morgan fingerprint density at radius 3 is 2.13 bits per heavy atom. The van der Waals surface area contributed by atoms with Gasteiger partial charge in [-0.2, -0.15) is 5.10 Å². The SMILES string of the molecule is CC(C)(Oc1ccc(C(=O)c2ccc(Cl)cc2)cc1)C(=O)NC1CCCOc2c1nn(-c1ccccc1Cl)c2-c1ccc(Cl)cc1. The number of carbonyl (C=O) groups is 2. The number of aromatic nitrogens is 2. The quantitative estimate of drug-likeness (QED) is 0.166. The van der Waals surface area contributed by atoms with Crippen molar-refractivity contribution in [3.8, 4) is 28.4 Å². The van der Waals surface area contributed by atoms with Crippen molar-refractivity contribution in [3.63, 3.8) is 0 Å². The predicted octanol–water partition coefficient (Wildman–Crippen LogP) is 8.92. The molecule has 4 aromatic carbocycles. The minimum Gasteiger partial charge on any atom is -0.489 e. The van der Waals surface area contributed by atoms with Crippen molar-refractivity contribution < 1.29 is 19.1 Å². The molecule has 10 heteroatoms. The van der Waals surface area contributed by atoms with Crippen LogP contribution < -0.4 is 14.8 Å². The number of fused-ring (bicyclic) bond motifs is 1. The van der Waals surface area contributed by atoms with Gasteiger partial charge in [-0.1, -0.05) is 59.1 Å². The van der Waals surface area contributed by atoms with Gasteiger partial charge in [0.05, 0.1) is 23.4 Å². The first-order chi connectivity index (χ1) is 22.1. The number of benzene rings is 4. The minimum absolute atomic E-state index is 0.138. The predicted molar refractivity (Wildman–Crippen MR) is 181 cm³/mol. The van der Waals surface area contributed by atoms with Gasteiger partial charge in [-0.3, -0.25) is 9.59 Å². The molecular weight excluding hydrogens is 645 g/mol. The molecule has 1 amide bonds. The van der Waals surface area contributed by atoms with Crippen molar-refractivity contribution in [1.82, 2.24) is 15.1 Å². The Morgan fingerprint density at radius 1 is 0.870 bits per heavy atom. The first-order valence-corrected chi connectivity index (χ1v) is 15.9. The molecule has 1 aromatic heterocycles. The van der Waals surface area contributed by atoms with Crippen molar-refractivity contribution in [2.75, 3.05) is 6.61 Å². The first kappa shape index (κ1) is 31.7. The highest BCUT2D eigenvalue weighted by Crippen LogP contribution is 2.42. The summed E-state index contributed by atoms with van der Waals surface area (Å²) in [6.45, 7) is 3.85. The second kappa shape index (κ2) is 13.2. The van der Waals surface area contributed by atoms with Crippen LogP contribution in [0.25, 0.3) is 16.9 Å². The third kappa shape index (κ3) is 6.63. The number of carbonyl (C=O) groups excluding carboxylic acids is 2. The maximum Gasteiger partial charge on any atom is 0.264 e. The Kier molecular flexibility index (Phi) is 9.09. The van der Waals surface area contributed by atoms with Crippen LogP contribution in [0.3, 0.4) is 0 Å². The van der Waals surface area contributed by atoms with Crippen LogP contribution >= 0.6 is 34.8 Å². The second-order valence-electron chi connectivity index (χ2n) is 11.4. The summed E-state index contributed by atoms with van der Waals surface area (Å²) in [6.07, 6.45) is 1.31. The van der Waals surface area contributed by atoms with Gasteiger partial charge in [0.1, 0.15) is 17.1 Å². The molecule has 2 heterocycles. The molecule has 7 nitrogen and oxygen atoms in total. The Labute approximate surface area is 282 Å². The molecule has 0 saturated carbocycles. The largest absolute Gasteiger partial charge is 0.489 e. The lowest BCUT2D eigenvalue weighted by molar-refractivity contribution is -0.135. The smallest absolute Gasteiger partial charge is 0.264 e. The van der Waals surface area contributed by atoms with Gasteiger partial charge in [-0.15, -0.1) is 0 Å². The van der Waals surface area contributed by atoms with Gasteiger partial charge < -0.3 is 14.8 Å². The van der Waals surface area contributed by atoms with E-state index in [4.69, 9.17) is 49.4 Å². The molecular formula is C36H30Cl3N3O4. The van der Waals surface area contributed by atoms with Crippen LogP contribution in [0.4, 0.5) is 0 Å². The Hall–Kier alpha value is -4.30. The molecule has 0 spiro atoms.